The molecule has 1 atom stereocenters. The highest BCUT2D eigenvalue weighted by Crippen LogP contribution is 2.33. The van der Waals surface area contributed by atoms with Gasteiger partial charge < -0.3 is 5.11 Å². The Bertz CT molecular complexity index is 827. The van der Waals surface area contributed by atoms with Crippen LogP contribution in [0.15, 0.2) is 30.9 Å². The standard InChI is InChI=1S/C15H20Cl2N4O3S/c1-11(2)21(25(3,23)24)8-15(22,7-20-10-18-9-19-20)13-5-4-12(16)6-14(13)17/h4-6,9-11,22H,7-8H2,1-3H3. The minimum Gasteiger partial charge on any atom is -0.382 e. The van der Waals surface area contributed by atoms with Crippen molar-refractivity contribution in [2.75, 3.05) is 12.8 Å². The molecule has 0 saturated heterocycles. The highest BCUT2D eigenvalue weighted by molar-refractivity contribution is 7.88. The van der Waals surface area contributed by atoms with Crippen LogP contribution in [0, 0.1) is 0 Å². The Balaban J connectivity index is 2.51. The lowest BCUT2D eigenvalue weighted by Gasteiger charge is -2.35. The van der Waals surface area contributed by atoms with Crippen LogP contribution < -0.4 is 0 Å². The van der Waals surface area contributed by atoms with Gasteiger partial charge in [-0.3, -0.25) is 0 Å². The summed E-state index contributed by atoms with van der Waals surface area (Å²) >= 11 is 12.2. The van der Waals surface area contributed by atoms with E-state index in [2.05, 4.69) is 10.1 Å². The Labute approximate surface area is 157 Å². The molecule has 0 bridgehead atoms. The molecule has 138 valence electrons. The van der Waals surface area contributed by atoms with Gasteiger partial charge in [-0.25, -0.2) is 18.1 Å². The second kappa shape index (κ2) is 7.59. The van der Waals surface area contributed by atoms with Gasteiger partial charge in [0.1, 0.15) is 18.3 Å². The van der Waals surface area contributed by atoms with Crippen LogP contribution in [0.5, 0.6) is 0 Å². The molecule has 25 heavy (non-hydrogen) atoms. The first-order valence-electron chi connectivity index (χ1n) is 7.50. The Hall–Kier alpha value is -1.19. The van der Waals surface area contributed by atoms with Gasteiger partial charge in [-0.15, -0.1) is 0 Å². The van der Waals surface area contributed by atoms with Gasteiger partial charge in [-0.05, 0) is 26.0 Å². The maximum Gasteiger partial charge on any atom is 0.211 e. The number of hydrogen-bond donors (Lipinski definition) is 1. The number of nitrogens with zero attached hydrogens (tertiary/aromatic N) is 4. The molecule has 0 amide bonds. The number of sulfonamides is 1. The van der Waals surface area contributed by atoms with Gasteiger partial charge >= 0.3 is 0 Å². The Morgan fingerprint density at radius 1 is 1.36 bits per heavy atom. The van der Waals surface area contributed by atoms with Crippen LogP contribution >= 0.6 is 23.2 Å². The smallest absolute Gasteiger partial charge is 0.211 e. The molecular formula is C15H20Cl2N4O3S. The molecule has 0 aliphatic rings. The van der Waals surface area contributed by atoms with Gasteiger partial charge in [0.05, 0.1) is 12.8 Å². The molecule has 1 unspecified atom stereocenters. The molecule has 1 N–H and O–H groups in total. The molecular weight excluding hydrogens is 387 g/mol. The van der Waals surface area contributed by atoms with Crippen molar-refractivity contribution in [2.45, 2.75) is 32.0 Å². The molecule has 0 spiro atoms. The summed E-state index contributed by atoms with van der Waals surface area (Å²) in [5, 5.41) is 16.0. The van der Waals surface area contributed by atoms with Crippen LogP contribution in [0.3, 0.4) is 0 Å². The lowest BCUT2D eigenvalue weighted by atomic mass is 9.93. The van der Waals surface area contributed by atoms with Crippen molar-refractivity contribution in [1.29, 1.82) is 0 Å². The predicted octanol–water partition coefficient (Wildman–Crippen LogP) is 2.14. The van der Waals surface area contributed by atoms with Crippen LogP contribution in [0.25, 0.3) is 0 Å². The van der Waals surface area contributed by atoms with Crippen molar-refractivity contribution in [3.05, 3.63) is 46.5 Å². The van der Waals surface area contributed by atoms with E-state index >= 15 is 0 Å². The zero-order chi connectivity index (χ0) is 18.8. The molecule has 1 aromatic heterocycles. The zero-order valence-corrected chi connectivity index (χ0v) is 16.4. The van der Waals surface area contributed by atoms with E-state index < -0.39 is 15.6 Å². The number of halogens is 2. The highest BCUT2D eigenvalue weighted by atomic mass is 35.5. The molecule has 0 aliphatic carbocycles. The maximum atomic E-state index is 12.1. The minimum atomic E-state index is -3.55. The van der Waals surface area contributed by atoms with E-state index in [1.165, 1.54) is 27.7 Å². The van der Waals surface area contributed by atoms with Gasteiger partial charge in [0, 0.05) is 28.2 Å². The third kappa shape index (κ3) is 4.92. The molecule has 1 aromatic carbocycles. The van der Waals surface area contributed by atoms with E-state index in [9.17, 15) is 13.5 Å². The Morgan fingerprint density at radius 3 is 2.52 bits per heavy atom. The molecule has 0 radical (unpaired) electrons. The van der Waals surface area contributed by atoms with E-state index in [0.29, 0.717) is 10.6 Å². The number of rotatable bonds is 7. The molecule has 0 aliphatic heterocycles. The zero-order valence-electron chi connectivity index (χ0n) is 14.1. The summed E-state index contributed by atoms with van der Waals surface area (Å²) in [6.45, 7) is 3.26. The van der Waals surface area contributed by atoms with Gasteiger partial charge in [0.2, 0.25) is 10.0 Å². The predicted molar refractivity (Wildman–Crippen MR) is 97.1 cm³/mol. The fourth-order valence-electron chi connectivity index (χ4n) is 2.61. The van der Waals surface area contributed by atoms with Crippen molar-refractivity contribution < 1.29 is 13.5 Å². The first kappa shape index (κ1) is 20.1. The number of aliphatic hydroxyl groups is 1. The minimum absolute atomic E-state index is 0.0207. The molecule has 2 rings (SSSR count). The van der Waals surface area contributed by atoms with E-state index in [-0.39, 0.29) is 24.2 Å². The molecule has 7 nitrogen and oxygen atoms in total. The number of hydrogen-bond acceptors (Lipinski definition) is 5. The molecule has 10 heteroatoms. The van der Waals surface area contributed by atoms with Crippen LogP contribution in [0.4, 0.5) is 0 Å². The molecule has 0 saturated carbocycles. The van der Waals surface area contributed by atoms with Crippen LogP contribution in [-0.2, 0) is 22.2 Å². The summed E-state index contributed by atoms with van der Waals surface area (Å²) in [7, 11) is -3.55. The maximum absolute atomic E-state index is 12.1. The fourth-order valence-corrected chi connectivity index (χ4v) is 4.41. The number of benzene rings is 1. The van der Waals surface area contributed by atoms with E-state index in [1.54, 1.807) is 26.0 Å². The van der Waals surface area contributed by atoms with Crippen molar-refractivity contribution in [3.8, 4) is 0 Å². The van der Waals surface area contributed by atoms with Gasteiger partial charge in [0.25, 0.3) is 0 Å². The molecule has 2 aromatic rings. The summed E-state index contributed by atoms with van der Waals surface area (Å²) in [5.41, 5.74) is -1.26. The van der Waals surface area contributed by atoms with Crippen molar-refractivity contribution in [3.63, 3.8) is 0 Å². The first-order chi connectivity index (χ1) is 11.5. The SMILES string of the molecule is CC(C)N(CC(O)(Cn1cncn1)c1ccc(Cl)cc1Cl)S(C)(=O)=O. The third-order valence-corrected chi connectivity index (χ3v) is 5.69. The van der Waals surface area contributed by atoms with Crippen molar-refractivity contribution >= 4 is 33.2 Å². The topological polar surface area (TPSA) is 88.3 Å². The van der Waals surface area contributed by atoms with Crippen LogP contribution in [-0.4, -0.2) is 51.4 Å². The fraction of sp³-hybridized carbons (Fsp3) is 0.467. The van der Waals surface area contributed by atoms with E-state index in [1.807, 2.05) is 0 Å². The average Bonchev–Trinajstić information content (AvgIpc) is 2.95. The summed E-state index contributed by atoms with van der Waals surface area (Å²) in [4.78, 5) is 3.85. The van der Waals surface area contributed by atoms with Gasteiger partial charge in [-0.2, -0.15) is 9.40 Å². The van der Waals surface area contributed by atoms with Crippen molar-refractivity contribution in [2.24, 2.45) is 0 Å². The first-order valence-corrected chi connectivity index (χ1v) is 10.1. The number of aromatic nitrogens is 3. The van der Waals surface area contributed by atoms with E-state index in [4.69, 9.17) is 23.2 Å². The largest absolute Gasteiger partial charge is 0.382 e. The monoisotopic (exact) mass is 406 g/mol. The summed E-state index contributed by atoms with van der Waals surface area (Å²) < 4.78 is 26.9. The highest BCUT2D eigenvalue weighted by Gasteiger charge is 2.38. The van der Waals surface area contributed by atoms with Crippen molar-refractivity contribution in [1.82, 2.24) is 19.1 Å². The van der Waals surface area contributed by atoms with Crippen LogP contribution in [0.1, 0.15) is 19.4 Å². The Morgan fingerprint density at radius 2 is 2.04 bits per heavy atom. The quantitative estimate of drug-likeness (QED) is 0.760. The second-order valence-electron chi connectivity index (χ2n) is 6.15. The summed E-state index contributed by atoms with van der Waals surface area (Å²) in [6.07, 6.45) is 3.88. The van der Waals surface area contributed by atoms with Crippen LogP contribution in [0.2, 0.25) is 10.0 Å². The lowest BCUT2D eigenvalue weighted by molar-refractivity contribution is -0.00562. The summed E-state index contributed by atoms with van der Waals surface area (Å²) in [6, 6.07) is 4.34. The van der Waals surface area contributed by atoms with E-state index in [0.717, 1.165) is 6.26 Å². The third-order valence-electron chi connectivity index (χ3n) is 3.74. The van der Waals surface area contributed by atoms with Gasteiger partial charge in [0.15, 0.2) is 0 Å². The molecule has 1 heterocycles. The second-order valence-corrected chi connectivity index (χ2v) is 8.93. The molecule has 0 fully saturated rings. The van der Waals surface area contributed by atoms with Gasteiger partial charge in [-0.1, -0.05) is 29.3 Å². The Kier molecular flexibility index (Phi) is 6.11. The summed E-state index contributed by atoms with van der Waals surface area (Å²) in [5.74, 6) is 0. The lowest BCUT2D eigenvalue weighted by Crippen LogP contribution is -2.48. The average molecular weight is 407 g/mol. The normalized spacial score (nSPS) is 14.9.